The monoisotopic (exact) mass is 190 g/mol. The normalized spacial score (nSPS) is 12.8. The van der Waals surface area contributed by atoms with Crippen molar-refractivity contribution in [3.63, 3.8) is 0 Å². The lowest BCUT2D eigenvalue weighted by molar-refractivity contribution is -0.118. The fraction of sp³-hybridized carbons (Fsp3) is 0.875. The van der Waals surface area contributed by atoms with E-state index in [0.29, 0.717) is 5.75 Å². The van der Waals surface area contributed by atoms with Gasteiger partial charge in [0.1, 0.15) is 0 Å². The zero-order valence-electron chi connectivity index (χ0n) is 7.58. The van der Waals surface area contributed by atoms with Crippen molar-refractivity contribution in [3.05, 3.63) is 0 Å². The second-order valence-corrected chi connectivity index (χ2v) is 3.94. The molecule has 72 valence electrons. The van der Waals surface area contributed by atoms with Gasteiger partial charge in [0.15, 0.2) is 0 Å². The van der Waals surface area contributed by atoms with Crippen LogP contribution >= 0.6 is 11.8 Å². The predicted octanol–water partition coefficient (Wildman–Crippen LogP) is 0.722. The summed E-state index contributed by atoms with van der Waals surface area (Å²) in [5.74, 6) is 1.33. The average Bonchev–Trinajstić information content (AvgIpc) is 2.03. The lowest BCUT2D eigenvalue weighted by Gasteiger charge is -2.05. The summed E-state index contributed by atoms with van der Waals surface area (Å²) in [6.45, 7) is 2.17. The molecule has 0 aliphatic carbocycles. The molecule has 4 N–H and O–H groups in total. The molecule has 0 radical (unpaired) electrons. The Balaban J connectivity index is 3.14. The molecule has 0 spiro atoms. The van der Waals surface area contributed by atoms with E-state index in [9.17, 15) is 4.79 Å². The largest absolute Gasteiger partial charge is 0.368 e. The first-order valence-electron chi connectivity index (χ1n) is 4.31. The summed E-state index contributed by atoms with van der Waals surface area (Å²) in [6.07, 6.45) is 3.67. The lowest BCUT2D eigenvalue weighted by Crippen LogP contribution is -2.38. The molecule has 0 aliphatic heterocycles. The van der Waals surface area contributed by atoms with E-state index in [0.717, 1.165) is 5.75 Å². The van der Waals surface area contributed by atoms with E-state index in [-0.39, 0.29) is 0 Å². The van der Waals surface area contributed by atoms with Crippen LogP contribution in [0.5, 0.6) is 0 Å². The molecule has 1 atom stereocenters. The maximum absolute atomic E-state index is 10.5. The smallest absolute Gasteiger partial charge is 0.235 e. The van der Waals surface area contributed by atoms with Gasteiger partial charge in [-0.25, -0.2) is 0 Å². The summed E-state index contributed by atoms with van der Waals surface area (Å²) in [4.78, 5) is 10.5. The Morgan fingerprint density at radius 2 is 2.17 bits per heavy atom. The molecule has 0 bridgehead atoms. The molecule has 0 heterocycles. The van der Waals surface area contributed by atoms with Crippen molar-refractivity contribution in [3.8, 4) is 0 Å². The second kappa shape index (κ2) is 7.43. The number of nitrogens with two attached hydrogens (primary N) is 2. The number of thioether (sulfide) groups is 1. The van der Waals surface area contributed by atoms with Crippen LogP contribution in [0.2, 0.25) is 0 Å². The van der Waals surface area contributed by atoms with Gasteiger partial charge in [0.05, 0.1) is 6.04 Å². The van der Waals surface area contributed by atoms with E-state index in [4.69, 9.17) is 11.5 Å². The molecule has 0 aromatic rings. The van der Waals surface area contributed by atoms with E-state index < -0.39 is 11.9 Å². The van der Waals surface area contributed by atoms with Gasteiger partial charge >= 0.3 is 0 Å². The van der Waals surface area contributed by atoms with Crippen LogP contribution in [0, 0.1) is 0 Å². The second-order valence-electron chi connectivity index (χ2n) is 2.79. The third-order valence-electron chi connectivity index (χ3n) is 1.56. The van der Waals surface area contributed by atoms with Crippen molar-refractivity contribution in [2.75, 3.05) is 11.5 Å². The zero-order chi connectivity index (χ0) is 9.40. The van der Waals surface area contributed by atoms with Crippen LogP contribution in [0.3, 0.4) is 0 Å². The number of carbonyl (C=O) groups excluding carboxylic acids is 1. The van der Waals surface area contributed by atoms with Gasteiger partial charge in [-0.2, -0.15) is 11.8 Å². The Morgan fingerprint density at radius 1 is 1.50 bits per heavy atom. The van der Waals surface area contributed by atoms with Crippen molar-refractivity contribution in [1.29, 1.82) is 0 Å². The van der Waals surface area contributed by atoms with Gasteiger partial charge in [-0.05, 0) is 12.2 Å². The molecule has 0 aliphatic rings. The fourth-order valence-corrected chi connectivity index (χ4v) is 1.74. The van der Waals surface area contributed by atoms with Crippen molar-refractivity contribution in [1.82, 2.24) is 0 Å². The summed E-state index contributed by atoms with van der Waals surface area (Å²) in [6, 6.07) is -0.475. The van der Waals surface area contributed by atoms with Crippen LogP contribution in [-0.4, -0.2) is 23.5 Å². The number of unbranched alkanes of at least 4 members (excludes halogenated alkanes) is 2. The molecule has 3 nitrogen and oxygen atoms in total. The van der Waals surface area contributed by atoms with Gasteiger partial charge < -0.3 is 11.5 Å². The van der Waals surface area contributed by atoms with Crippen molar-refractivity contribution in [2.45, 2.75) is 32.2 Å². The highest BCUT2D eigenvalue weighted by molar-refractivity contribution is 7.99. The number of carbonyl (C=O) groups is 1. The third kappa shape index (κ3) is 6.49. The Morgan fingerprint density at radius 3 is 2.67 bits per heavy atom. The molecule has 4 heteroatoms. The summed E-state index contributed by atoms with van der Waals surface area (Å²) >= 11 is 1.70. The van der Waals surface area contributed by atoms with E-state index in [1.807, 2.05) is 0 Å². The summed E-state index contributed by atoms with van der Waals surface area (Å²) in [5, 5.41) is 0. The molecule has 0 unspecified atom stereocenters. The van der Waals surface area contributed by atoms with Crippen LogP contribution in [0.4, 0.5) is 0 Å². The quantitative estimate of drug-likeness (QED) is 0.581. The highest BCUT2D eigenvalue weighted by Gasteiger charge is 2.07. The summed E-state index contributed by atoms with van der Waals surface area (Å²) < 4.78 is 0. The summed E-state index contributed by atoms with van der Waals surface area (Å²) in [7, 11) is 0. The van der Waals surface area contributed by atoms with E-state index in [1.165, 1.54) is 19.3 Å². The maximum Gasteiger partial charge on any atom is 0.235 e. The molecule has 1 amide bonds. The topological polar surface area (TPSA) is 69.1 Å². The predicted molar refractivity (Wildman–Crippen MR) is 54.0 cm³/mol. The highest BCUT2D eigenvalue weighted by atomic mass is 32.2. The minimum atomic E-state index is -0.475. The first-order valence-corrected chi connectivity index (χ1v) is 5.46. The number of hydrogen-bond acceptors (Lipinski definition) is 3. The standard InChI is InChI=1S/C8H18N2OS/c1-2-3-4-5-12-6-7(9)8(10)11/h7H,2-6,9H2,1H3,(H2,10,11)/t7-/m0/s1. The molecule has 0 aromatic carbocycles. The van der Waals surface area contributed by atoms with Gasteiger partial charge in [0.2, 0.25) is 5.91 Å². The first-order chi connectivity index (χ1) is 5.68. The molecule has 0 rings (SSSR count). The molecule has 0 fully saturated rings. The van der Waals surface area contributed by atoms with E-state index >= 15 is 0 Å². The first kappa shape index (κ1) is 11.8. The Bertz CT molecular complexity index is 130. The van der Waals surface area contributed by atoms with Gasteiger partial charge in [-0.3, -0.25) is 4.79 Å². The maximum atomic E-state index is 10.5. The Hall–Kier alpha value is -0.220. The third-order valence-corrected chi connectivity index (χ3v) is 2.73. The number of amides is 1. The number of primary amides is 1. The molecular formula is C8H18N2OS. The van der Waals surface area contributed by atoms with Crippen molar-refractivity contribution >= 4 is 17.7 Å². The molecule has 0 aromatic heterocycles. The van der Waals surface area contributed by atoms with Crippen LogP contribution in [0.1, 0.15) is 26.2 Å². The Kier molecular flexibility index (Phi) is 7.29. The lowest BCUT2D eigenvalue weighted by atomic mass is 10.3. The van der Waals surface area contributed by atoms with Crippen molar-refractivity contribution < 1.29 is 4.79 Å². The van der Waals surface area contributed by atoms with E-state index in [1.54, 1.807) is 11.8 Å². The molecule has 0 saturated carbocycles. The molecule has 12 heavy (non-hydrogen) atoms. The van der Waals surface area contributed by atoms with Crippen LogP contribution in [0.15, 0.2) is 0 Å². The van der Waals surface area contributed by atoms with Crippen molar-refractivity contribution in [2.24, 2.45) is 11.5 Å². The molecule has 0 saturated heterocycles. The van der Waals surface area contributed by atoms with E-state index in [2.05, 4.69) is 6.92 Å². The SMILES string of the molecule is CCCCCSC[C@H](N)C(N)=O. The Labute approximate surface area is 78.3 Å². The van der Waals surface area contributed by atoms with Gasteiger partial charge in [-0.1, -0.05) is 19.8 Å². The summed E-state index contributed by atoms with van der Waals surface area (Å²) in [5.41, 5.74) is 10.4. The number of rotatable bonds is 7. The minimum absolute atomic E-state index is 0.405. The van der Waals surface area contributed by atoms with Crippen LogP contribution in [-0.2, 0) is 4.79 Å². The minimum Gasteiger partial charge on any atom is -0.368 e. The molecular weight excluding hydrogens is 172 g/mol. The van der Waals surface area contributed by atoms with Gasteiger partial charge in [0, 0.05) is 5.75 Å². The van der Waals surface area contributed by atoms with Gasteiger partial charge in [-0.15, -0.1) is 0 Å². The van der Waals surface area contributed by atoms with Crippen LogP contribution < -0.4 is 11.5 Å². The van der Waals surface area contributed by atoms with Crippen LogP contribution in [0.25, 0.3) is 0 Å². The average molecular weight is 190 g/mol. The van der Waals surface area contributed by atoms with Gasteiger partial charge in [0.25, 0.3) is 0 Å². The number of hydrogen-bond donors (Lipinski definition) is 2. The zero-order valence-corrected chi connectivity index (χ0v) is 8.40. The highest BCUT2D eigenvalue weighted by Crippen LogP contribution is 2.06. The fourth-order valence-electron chi connectivity index (χ4n) is 0.747.